The molecule has 3 nitrogen and oxygen atoms in total. The highest BCUT2D eigenvalue weighted by molar-refractivity contribution is 9.10. The lowest BCUT2D eigenvalue weighted by Gasteiger charge is -2.04. The number of rotatable bonds is 4. The van der Waals surface area contributed by atoms with E-state index in [1.54, 1.807) is 12.1 Å². The quantitative estimate of drug-likeness (QED) is 0.444. The topological polar surface area (TPSA) is 42.0 Å². The van der Waals surface area contributed by atoms with E-state index < -0.39 is 0 Å². The minimum atomic E-state index is -0.149. The van der Waals surface area contributed by atoms with Crippen molar-refractivity contribution >= 4 is 49.1 Å². The fourth-order valence-electron chi connectivity index (χ4n) is 2.85. The first-order valence-electron chi connectivity index (χ1n) is 8.17. The molecule has 0 fully saturated rings. The Bertz CT molecular complexity index is 1070. The number of hydrogen-bond donors (Lipinski definition) is 1. The van der Waals surface area contributed by atoms with E-state index in [4.69, 9.17) is 0 Å². The molecule has 0 aliphatic rings. The Morgan fingerprint density at radius 1 is 1.00 bits per heavy atom. The van der Waals surface area contributed by atoms with E-state index in [0.29, 0.717) is 10.7 Å². The number of nitrogens with zero attached hydrogens (tertiary/aromatic N) is 1. The molecule has 0 saturated carbocycles. The van der Waals surface area contributed by atoms with E-state index in [-0.39, 0.29) is 5.91 Å². The SMILES string of the molecule is O=C(Nc1ncc(Cc2cccc3ccccc23)s1)c1ccc(Br)cc1. The first-order chi connectivity index (χ1) is 12.7. The van der Waals surface area contributed by atoms with Gasteiger partial charge in [-0.1, -0.05) is 58.4 Å². The summed E-state index contributed by atoms with van der Waals surface area (Å²) >= 11 is 4.88. The lowest BCUT2D eigenvalue weighted by molar-refractivity contribution is 0.102. The molecule has 5 heteroatoms. The zero-order chi connectivity index (χ0) is 17.9. The summed E-state index contributed by atoms with van der Waals surface area (Å²) in [5, 5.41) is 5.98. The highest BCUT2D eigenvalue weighted by atomic mass is 79.9. The molecule has 4 aromatic rings. The van der Waals surface area contributed by atoms with Crippen molar-refractivity contribution in [2.75, 3.05) is 5.32 Å². The van der Waals surface area contributed by atoms with E-state index in [1.807, 2.05) is 18.3 Å². The molecule has 0 bridgehead atoms. The minimum absolute atomic E-state index is 0.149. The van der Waals surface area contributed by atoms with Crippen LogP contribution in [0, 0.1) is 0 Å². The van der Waals surface area contributed by atoms with Gasteiger partial charge in [0.05, 0.1) is 0 Å². The number of anilines is 1. The minimum Gasteiger partial charge on any atom is -0.298 e. The van der Waals surface area contributed by atoms with Crippen LogP contribution in [-0.2, 0) is 6.42 Å². The molecule has 1 heterocycles. The maximum absolute atomic E-state index is 12.3. The molecule has 0 aliphatic heterocycles. The number of benzene rings is 3. The lowest BCUT2D eigenvalue weighted by Crippen LogP contribution is -2.11. The summed E-state index contributed by atoms with van der Waals surface area (Å²) in [6.45, 7) is 0. The van der Waals surface area contributed by atoms with Gasteiger partial charge in [-0.15, -0.1) is 11.3 Å². The monoisotopic (exact) mass is 422 g/mol. The maximum Gasteiger partial charge on any atom is 0.257 e. The van der Waals surface area contributed by atoms with Gasteiger partial charge >= 0.3 is 0 Å². The molecule has 3 aromatic carbocycles. The highest BCUT2D eigenvalue weighted by Gasteiger charge is 2.10. The summed E-state index contributed by atoms with van der Waals surface area (Å²) in [5.74, 6) is -0.149. The van der Waals surface area contributed by atoms with Gasteiger partial charge in [-0.05, 0) is 40.6 Å². The molecule has 26 heavy (non-hydrogen) atoms. The van der Waals surface area contributed by atoms with E-state index in [9.17, 15) is 4.79 Å². The second-order valence-corrected chi connectivity index (χ2v) is 7.94. The van der Waals surface area contributed by atoms with Crippen LogP contribution >= 0.6 is 27.3 Å². The third kappa shape index (κ3) is 3.69. The van der Waals surface area contributed by atoms with Crippen molar-refractivity contribution in [2.45, 2.75) is 6.42 Å². The largest absolute Gasteiger partial charge is 0.298 e. The number of hydrogen-bond acceptors (Lipinski definition) is 3. The Balaban J connectivity index is 1.51. The van der Waals surface area contributed by atoms with Gasteiger partial charge in [0, 0.05) is 27.5 Å². The van der Waals surface area contributed by atoms with Gasteiger partial charge in [0.2, 0.25) is 0 Å². The number of aromatic nitrogens is 1. The Kier molecular flexibility index (Phi) is 4.82. The third-order valence-electron chi connectivity index (χ3n) is 4.13. The second kappa shape index (κ2) is 7.40. The molecule has 1 aromatic heterocycles. The predicted octanol–water partition coefficient (Wildman–Crippen LogP) is 5.90. The van der Waals surface area contributed by atoms with Crippen molar-refractivity contribution in [1.82, 2.24) is 4.98 Å². The summed E-state index contributed by atoms with van der Waals surface area (Å²) in [5.41, 5.74) is 1.87. The molecule has 4 rings (SSSR count). The van der Waals surface area contributed by atoms with Crippen molar-refractivity contribution in [3.05, 3.63) is 93.4 Å². The van der Waals surface area contributed by atoms with Crippen LogP contribution in [0.5, 0.6) is 0 Å². The molecule has 0 unspecified atom stereocenters. The van der Waals surface area contributed by atoms with Gasteiger partial charge in [-0.25, -0.2) is 4.98 Å². The fraction of sp³-hybridized carbons (Fsp3) is 0.0476. The summed E-state index contributed by atoms with van der Waals surface area (Å²) in [6, 6.07) is 22.0. The van der Waals surface area contributed by atoms with Crippen LogP contribution in [0.4, 0.5) is 5.13 Å². The highest BCUT2D eigenvalue weighted by Crippen LogP contribution is 2.26. The van der Waals surface area contributed by atoms with Crippen LogP contribution in [0.2, 0.25) is 0 Å². The van der Waals surface area contributed by atoms with E-state index in [0.717, 1.165) is 15.8 Å². The number of thiazole rings is 1. The molecule has 0 aliphatic carbocycles. The molecule has 0 saturated heterocycles. The van der Waals surface area contributed by atoms with Crippen molar-refractivity contribution < 1.29 is 4.79 Å². The Morgan fingerprint density at radius 3 is 2.62 bits per heavy atom. The average Bonchev–Trinajstić information content (AvgIpc) is 3.09. The Morgan fingerprint density at radius 2 is 1.77 bits per heavy atom. The van der Waals surface area contributed by atoms with Crippen LogP contribution in [-0.4, -0.2) is 10.9 Å². The molecule has 1 N–H and O–H groups in total. The maximum atomic E-state index is 12.3. The van der Waals surface area contributed by atoms with Gasteiger partial charge < -0.3 is 0 Å². The number of fused-ring (bicyclic) bond motifs is 1. The molecule has 0 spiro atoms. The van der Waals surface area contributed by atoms with E-state index in [2.05, 4.69) is 68.7 Å². The van der Waals surface area contributed by atoms with Crippen LogP contribution in [0.15, 0.2) is 77.4 Å². The summed E-state index contributed by atoms with van der Waals surface area (Å²) in [4.78, 5) is 17.8. The summed E-state index contributed by atoms with van der Waals surface area (Å²) < 4.78 is 0.945. The first kappa shape index (κ1) is 16.9. The molecular weight excluding hydrogens is 408 g/mol. The standard InChI is InChI=1S/C21H15BrN2OS/c22-17-10-8-15(9-11-17)20(25)24-21-23-13-18(26-21)12-16-6-3-5-14-4-1-2-7-19(14)16/h1-11,13H,12H2,(H,23,24,25). The van der Waals surface area contributed by atoms with Crippen LogP contribution in [0.3, 0.4) is 0 Å². The smallest absolute Gasteiger partial charge is 0.257 e. The van der Waals surface area contributed by atoms with Crippen molar-refractivity contribution in [1.29, 1.82) is 0 Å². The van der Waals surface area contributed by atoms with Crippen LogP contribution in [0.25, 0.3) is 10.8 Å². The molecule has 0 atom stereocenters. The number of nitrogens with one attached hydrogen (secondary N) is 1. The van der Waals surface area contributed by atoms with Gasteiger partial charge in [-0.3, -0.25) is 10.1 Å². The molecular formula is C21H15BrN2OS. The normalized spacial score (nSPS) is 10.8. The molecule has 128 valence electrons. The Hall–Kier alpha value is -2.50. The first-order valence-corrected chi connectivity index (χ1v) is 9.78. The number of amides is 1. The zero-order valence-electron chi connectivity index (χ0n) is 13.8. The fourth-order valence-corrected chi connectivity index (χ4v) is 3.95. The van der Waals surface area contributed by atoms with Gasteiger partial charge in [0.1, 0.15) is 0 Å². The molecule has 0 radical (unpaired) electrons. The van der Waals surface area contributed by atoms with Crippen LogP contribution < -0.4 is 5.32 Å². The van der Waals surface area contributed by atoms with Gasteiger partial charge in [0.25, 0.3) is 5.91 Å². The average molecular weight is 423 g/mol. The summed E-state index contributed by atoms with van der Waals surface area (Å²) in [6.07, 6.45) is 2.64. The Labute approximate surface area is 163 Å². The predicted molar refractivity (Wildman–Crippen MR) is 111 cm³/mol. The zero-order valence-corrected chi connectivity index (χ0v) is 16.2. The number of halogens is 1. The van der Waals surface area contributed by atoms with Gasteiger partial charge in [0.15, 0.2) is 5.13 Å². The third-order valence-corrected chi connectivity index (χ3v) is 5.57. The van der Waals surface area contributed by atoms with E-state index >= 15 is 0 Å². The van der Waals surface area contributed by atoms with Crippen LogP contribution in [0.1, 0.15) is 20.8 Å². The summed E-state index contributed by atoms with van der Waals surface area (Å²) in [7, 11) is 0. The van der Waals surface area contributed by atoms with Crippen molar-refractivity contribution in [2.24, 2.45) is 0 Å². The lowest BCUT2D eigenvalue weighted by atomic mass is 10.0. The second-order valence-electron chi connectivity index (χ2n) is 5.91. The molecule has 1 amide bonds. The van der Waals surface area contributed by atoms with Gasteiger partial charge in [-0.2, -0.15) is 0 Å². The number of carbonyl (C=O) groups excluding carboxylic acids is 1. The van der Waals surface area contributed by atoms with E-state index in [1.165, 1.54) is 27.7 Å². The van der Waals surface area contributed by atoms with Crippen molar-refractivity contribution in [3.63, 3.8) is 0 Å². The van der Waals surface area contributed by atoms with Crippen molar-refractivity contribution in [3.8, 4) is 0 Å². The number of carbonyl (C=O) groups is 1.